The van der Waals surface area contributed by atoms with Gasteiger partial charge in [0.1, 0.15) is 6.61 Å². The lowest BCUT2D eigenvalue weighted by Gasteiger charge is -2.21. The van der Waals surface area contributed by atoms with Crippen LogP contribution in [0.1, 0.15) is 30.6 Å². The topological polar surface area (TPSA) is 50.4 Å². The van der Waals surface area contributed by atoms with E-state index >= 15 is 0 Å². The number of rotatable bonds is 4. The molecule has 4 heteroatoms. The van der Waals surface area contributed by atoms with Crippen LogP contribution in [0, 0.1) is 5.92 Å². The van der Waals surface area contributed by atoms with E-state index in [0.29, 0.717) is 30.4 Å². The third-order valence-electron chi connectivity index (χ3n) is 2.93. The molecule has 2 rings (SSSR count). The van der Waals surface area contributed by atoms with Crippen molar-refractivity contribution < 1.29 is 9.53 Å². The Bertz CT molecular complexity index is 430. The zero-order valence-corrected chi connectivity index (χ0v) is 11.0. The fourth-order valence-electron chi connectivity index (χ4n) is 1.92. The molecule has 0 unspecified atom stereocenters. The van der Waals surface area contributed by atoms with E-state index in [1.165, 1.54) is 0 Å². The van der Waals surface area contributed by atoms with Gasteiger partial charge in [-0.15, -0.1) is 0 Å². The van der Waals surface area contributed by atoms with Crippen molar-refractivity contribution in [3.05, 3.63) is 23.8 Å². The average molecular weight is 248 g/mol. The molecule has 0 spiro atoms. The quantitative estimate of drug-likeness (QED) is 0.859. The summed E-state index contributed by atoms with van der Waals surface area (Å²) in [5.74, 6) is 1.20. The second kappa shape index (κ2) is 5.76. The molecular formula is C14H20N2O2. The first-order chi connectivity index (χ1) is 8.68. The minimum absolute atomic E-state index is 0.0591. The molecule has 0 fully saturated rings. The van der Waals surface area contributed by atoms with E-state index in [1.54, 1.807) is 6.07 Å². The number of ether oxygens (including phenoxy) is 1. The smallest absolute Gasteiger partial charge is 0.255 e. The zero-order chi connectivity index (χ0) is 13.0. The highest BCUT2D eigenvalue weighted by molar-refractivity contribution is 5.98. The molecule has 98 valence electrons. The normalized spacial score (nSPS) is 13.5. The van der Waals surface area contributed by atoms with Gasteiger partial charge in [-0.25, -0.2) is 0 Å². The van der Waals surface area contributed by atoms with Crippen molar-refractivity contribution in [2.24, 2.45) is 5.92 Å². The van der Waals surface area contributed by atoms with Crippen molar-refractivity contribution in [1.29, 1.82) is 0 Å². The van der Waals surface area contributed by atoms with E-state index in [4.69, 9.17) is 4.74 Å². The Morgan fingerprint density at radius 2 is 2.33 bits per heavy atom. The lowest BCUT2D eigenvalue weighted by atomic mass is 10.1. The number of carbonyl (C=O) groups excluding carboxylic acids is 1. The van der Waals surface area contributed by atoms with Crippen molar-refractivity contribution >= 4 is 11.6 Å². The van der Waals surface area contributed by atoms with Gasteiger partial charge in [0.2, 0.25) is 0 Å². The molecule has 0 atom stereocenters. The summed E-state index contributed by atoms with van der Waals surface area (Å²) in [7, 11) is 0. The van der Waals surface area contributed by atoms with Crippen LogP contribution in [0.25, 0.3) is 0 Å². The molecule has 1 aliphatic heterocycles. The van der Waals surface area contributed by atoms with Crippen molar-refractivity contribution in [2.45, 2.75) is 20.3 Å². The average Bonchev–Trinajstić information content (AvgIpc) is 2.37. The minimum Gasteiger partial charge on any atom is -0.489 e. The van der Waals surface area contributed by atoms with Gasteiger partial charge in [0.15, 0.2) is 5.75 Å². The number of benzene rings is 1. The van der Waals surface area contributed by atoms with Gasteiger partial charge in [-0.2, -0.15) is 0 Å². The standard InChI is InChI=1S/C14H20N2O2/c1-10(2)6-7-16-14(17)11-4-3-5-12-13(11)18-9-8-15-12/h3-5,10,15H,6-9H2,1-2H3,(H,16,17). The predicted octanol–water partition coefficient (Wildman–Crippen LogP) is 2.27. The molecule has 1 amide bonds. The van der Waals surface area contributed by atoms with Gasteiger partial charge in [0.05, 0.1) is 11.3 Å². The van der Waals surface area contributed by atoms with Crippen LogP contribution in [0.4, 0.5) is 5.69 Å². The SMILES string of the molecule is CC(C)CCNC(=O)c1cccc2c1OCCN2. The molecule has 1 aromatic carbocycles. The van der Waals surface area contributed by atoms with Crippen molar-refractivity contribution in [3.8, 4) is 5.75 Å². The van der Waals surface area contributed by atoms with Crippen LogP contribution in [0.3, 0.4) is 0 Å². The Kier molecular flexibility index (Phi) is 4.07. The van der Waals surface area contributed by atoms with Gasteiger partial charge in [-0.3, -0.25) is 4.79 Å². The number of amides is 1. The Morgan fingerprint density at radius 1 is 1.50 bits per heavy atom. The number of fused-ring (bicyclic) bond motifs is 1. The van der Waals surface area contributed by atoms with Crippen molar-refractivity contribution in [3.63, 3.8) is 0 Å². The van der Waals surface area contributed by atoms with Crippen molar-refractivity contribution in [1.82, 2.24) is 5.32 Å². The van der Waals surface area contributed by atoms with E-state index < -0.39 is 0 Å². The summed E-state index contributed by atoms with van der Waals surface area (Å²) in [4.78, 5) is 12.1. The number of nitrogens with one attached hydrogen (secondary N) is 2. The molecule has 18 heavy (non-hydrogen) atoms. The van der Waals surface area contributed by atoms with Crippen LogP contribution in [0.15, 0.2) is 18.2 Å². The molecule has 1 heterocycles. The second-order valence-electron chi connectivity index (χ2n) is 4.90. The Labute approximate surface area is 108 Å². The largest absolute Gasteiger partial charge is 0.489 e. The number of para-hydroxylation sites is 1. The summed E-state index contributed by atoms with van der Waals surface area (Å²) >= 11 is 0. The van der Waals surface area contributed by atoms with Gasteiger partial charge in [0.25, 0.3) is 5.91 Å². The van der Waals surface area contributed by atoms with E-state index in [9.17, 15) is 4.79 Å². The molecule has 0 saturated heterocycles. The third kappa shape index (κ3) is 2.94. The van der Waals surface area contributed by atoms with Crippen molar-refractivity contribution in [2.75, 3.05) is 25.0 Å². The Balaban J connectivity index is 2.06. The third-order valence-corrected chi connectivity index (χ3v) is 2.93. The maximum atomic E-state index is 12.1. The number of hydrogen-bond donors (Lipinski definition) is 2. The van der Waals surface area contributed by atoms with Crippen LogP contribution in [-0.2, 0) is 0 Å². The molecule has 2 N–H and O–H groups in total. The first kappa shape index (κ1) is 12.7. The molecule has 0 radical (unpaired) electrons. The van der Waals surface area contributed by atoms with Crippen LogP contribution < -0.4 is 15.4 Å². The van der Waals surface area contributed by atoms with E-state index in [0.717, 1.165) is 18.7 Å². The fraction of sp³-hybridized carbons (Fsp3) is 0.500. The van der Waals surface area contributed by atoms with Gasteiger partial charge >= 0.3 is 0 Å². The number of carbonyl (C=O) groups is 1. The summed E-state index contributed by atoms with van der Waals surface area (Å²) in [6.07, 6.45) is 0.986. The molecule has 0 saturated carbocycles. The maximum Gasteiger partial charge on any atom is 0.255 e. The summed E-state index contributed by atoms with van der Waals surface area (Å²) in [5, 5.41) is 6.16. The van der Waals surface area contributed by atoms with Gasteiger partial charge in [0, 0.05) is 13.1 Å². The minimum atomic E-state index is -0.0591. The first-order valence-corrected chi connectivity index (χ1v) is 6.46. The maximum absolute atomic E-state index is 12.1. The van der Waals surface area contributed by atoms with Crippen LogP contribution >= 0.6 is 0 Å². The van der Waals surface area contributed by atoms with Crippen LogP contribution in [0.5, 0.6) is 5.75 Å². The molecule has 0 bridgehead atoms. The molecule has 0 aromatic heterocycles. The highest BCUT2D eigenvalue weighted by atomic mass is 16.5. The Morgan fingerprint density at radius 3 is 3.11 bits per heavy atom. The monoisotopic (exact) mass is 248 g/mol. The summed E-state index contributed by atoms with van der Waals surface area (Å²) in [5.41, 5.74) is 1.52. The lowest BCUT2D eigenvalue weighted by Crippen LogP contribution is -2.27. The van der Waals surface area contributed by atoms with Gasteiger partial charge in [-0.05, 0) is 24.5 Å². The molecule has 1 aliphatic rings. The number of hydrogen-bond acceptors (Lipinski definition) is 3. The summed E-state index contributed by atoms with van der Waals surface area (Å²) in [6, 6.07) is 5.60. The lowest BCUT2D eigenvalue weighted by molar-refractivity contribution is 0.0948. The van der Waals surface area contributed by atoms with Crippen LogP contribution in [0.2, 0.25) is 0 Å². The summed E-state index contributed by atoms with van der Waals surface area (Å²) in [6.45, 7) is 6.37. The van der Waals surface area contributed by atoms with Gasteiger partial charge in [-0.1, -0.05) is 19.9 Å². The fourth-order valence-corrected chi connectivity index (χ4v) is 1.92. The molecule has 1 aromatic rings. The van der Waals surface area contributed by atoms with Gasteiger partial charge < -0.3 is 15.4 Å². The highest BCUT2D eigenvalue weighted by Crippen LogP contribution is 2.30. The Hall–Kier alpha value is -1.71. The second-order valence-corrected chi connectivity index (χ2v) is 4.90. The zero-order valence-electron chi connectivity index (χ0n) is 11.0. The van der Waals surface area contributed by atoms with E-state index in [1.807, 2.05) is 12.1 Å². The molecule has 4 nitrogen and oxygen atoms in total. The highest BCUT2D eigenvalue weighted by Gasteiger charge is 2.18. The first-order valence-electron chi connectivity index (χ1n) is 6.46. The number of anilines is 1. The molecule has 0 aliphatic carbocycles. The molecular weight excluding hydrogens is 228 g/mol. The summed E-state index contributed by atoms with van der Waals surface area (Å²) < 4.78 is 5.58. The van der Waals surface area contributed by atoms with E-state index in [-0.39, 0.29) is 5.91 Å². The van der Waals surface area contributed by atoms with Crippen LogP contribution in [-0.4, -0.2) is 25.6 Å². The predicted molar refractivity (Wildman–Crippen MR) is 72.2 cm³/mol. The van der Waals surface area contributed by atoms with E-state index in [2.05, 4.69) is 24.5 Å².